The van der Waals surface area contributed by atoms with E-state index in [2.05, 4.69) is 20.6 Å². The van der Waals surface area contributed by atoms with Gasteiger partial charge in [0, 0.05) is 23.1 Å². The van der Waals surface area contributed by atoms with E-state index in [1.54, 1.807) is 27.8 Å². The van der Waals surface area contributed by atoms with E-state index < -0.39 is 0 Å². The molecule has 0 aliphatic rings. The van der Waals surface area contributed by atoms with Crippen molar-refractivity contribution in [2.24, 2.45) is 0 Å². The number of carbonyl (C=O) groups excluding carboxylic acids is 1. The predicted octanol–water partition coefficient (Wildman–Crippen LogP) is 4.01. The molecule has 0 atom stereocenters. The Morgan fingerprint density at radius 1 is 1.03 bits per heavy atom. The smallest absolute Gasteiger partial charge is 0.277 e. The molecule has 0 unspecified atom stereocenters. The van der Waals surface area contributed by atoms with Gasteiger partial charge in [-0.1, -0.05) is 35.3 Å². The zero-order chi connectivity index (χ0) is 21.3. The average Bonchev–Trinajstić information content (AvgIpc) is 3.38. The first-order valence-electron chi connectivity index (χ1n) is 9.20. The number of anilines is 1. The molecule has 1 amide bonds. The van der Waals surface area contributed by atoms with Gasteiger partial charge in [-0.05, 0) is 43.7 Å². The number of nitrogens with one attached hydrogen (secondary N) is 1. The highest BCUT2D eigenvalue weighted by molar-refractivity contribution is 6.33. The summed E-state index contributed by atoms with van der Waals surface area (Å²) in [6.07, 6.45) is 3.39. The lowest BCUT2D eigenvalue weighted by Crippen LogP contribution is -2.16. The van der Waals surface area contributed by atoms with Gasteiger partial charge in [-0.25, -0.2) is 4.68 Å². The van der Waals surface area contributed by atoms with Crippen molar-refractivity contribution in [3.63, 3.8) is 0 Å². The fourth-order valence-corrected chi connectivity index (χ4v) is 3.35. The summed E-state index contributed by atoms with van der Waals surface area (Å²) >= 11 is 12.2. The molecule has 3 heterocycles. The highest BCUT2D eigenvalue weighted by Crippen LogP contribution is 2.21. The molecule has 1 N–H and O–H groups in total. The van der Waals surface area contributed by atoms with Gasteiger partial charge < -0.3 is 5.32 Å². The van der Waals surface area contributed by atoms with Crippen LogP contribution in [0, 0.1) is 13.8 Å². The Bertz CT molecular complexity index is 1190. The molecule has 154 valence electrons. The van der Waals surface area contributed by atoms with Crippen molar-refractivity contribution in [1.82, 2.24) is 29.3 Å². The number of aromatic nitrogens is 6. The quantitative estimate of drug-likeness (QED) is 0.487. The van der Waals surface area contributed by atoms with Gasteiger partial charge in [-0.2, -0.15) is 15.3 Å². The van der Waals surface area contributed by atoms with E-state index in [0.717, 1.165) is 17.0 Å². The van der Waals surface area contributed by atoms with Crippen LogP contribution in [0.2, 0.25) is 10.0 Å². The third kappa shape index (κ3) is 4.55. The van der Waals surface area contributed by atoms with E-state index >= 15 is 0 Å². The van der Waals surface area contributed by atoms with Crippen molar-refractivity contribution in [1.29, 1.82) is 0 Å². The largest absolute Gasteiger partial charge is 0.302 e. The zero-order valence-corrected chi connectivity index (χ0v) is 17.9. The third-order valence-corrected chi connectivity index (χ3v) is 4.99. The first-order valence-corrected chi connectivity index (χ1v) is 9.96. The first kappa shape index (κ1) is 20.2. The van der Waals surface area contributed by atoms with Gasteiger partial charge in [0.25, 0.3) is 5.91 Å². The summed E-state index contributed by atoms with van der Waals surface area (Å²) in [7, 11) is 0. The van der Waals surface area contributed by atoms with E-state index in [1.165, 1.54) is 0 Å². The van der Waals surface area contributed by atoms with Crippen LogP contribution in [-0.4, -0.2) is 35.2 Å². The third-order valence-electron chi connectivity index (χ3n) is 4.46. The van der Waals surface area contributed by atoms with Crippen LogP contribution in [0.4, 0.5) is 5.82 Å². The molecule has 0 spiro atoms. The fraction of sp³-hybridized carbons (Fsp3) is 0.200. The Morgan fingerprint density at radius 2 is 1.80 bits per heavy atom. The molecule has 4 rings (SSSR count). The van der Waals surface area contributed by atoms with Crippen molar-refractivity contribution >= 4 is 34.9 Å². The molecule has 0 bridgehead atoms. The van der Waals surface area contributed by atoms with Crippen LogP contribution in [-0.2, 0) is 13.2 Å². The second-order valence-corrected chi connectivity index (χ2v) is 7.76. The summed E-state index contributed by atoms with van der Waals surface area (Å²) in [5, 5.41) is 16.8. The predicted molar refractivity (Wildman–Crippen MR) is 115 cm³/mol. The molecule has 0 saturated carbocycles. The molecule has 0 saturated heterocycles. The van der Waals surface area contributed by atoms with Gasteiger partial charge in [0.15, 0.2) is 11.5 Å². The summed E-state index contributed by atoms with van der Waals surface area (Å²) < 4.78 is 5.12. The molecule has 0 fully saturated rings. The topological polar surface area (TPSA) is 82.6 Å². The molecule has 3 aromatic heterocycles. The van der Waals surface area contributed by atoms with Gasteiger partial charge in [0.1, 0.15) is 11.7 Å². The molecular formula is C20H19Cl2N7O. The van der Waals surface area contributed by atoms with Crippen LogP contribution in [0.15, 0.2) is 48.8 Å². The normalized spacial score (nSPS) is 11.1. The Balaban J connectivity index is 1.42. The first-order chi connectivity index (χ1) is 14.4. The maximum absolute atomic E-state index is 12.6. The molecular weight excluding hydrogens is 425 g/mol. The number of aryl methyl sites for hydroxylation is 2. The number of benzene rings is 1. The van der Waals surface area contributed by atoms with Gasteiger partial charge in [-0.3, -0.25) is 14.2 Å². The van der Waals surface area contributed by atoms with E-state index in [1.807, 2.05) is 48.9 Å². The maximum Gasteiger partial charge on any atom is 0.277 e. The van der Waals surface area contributed by atoms with E-state index in [9.17, 15) is 4.79 Å². The maximum atomic E-state index is 12.6. The number of halogens is 2. The Morgan fingerprint density at radius 3 is 2.50 bits per heavy atom. The van der Waals surface area contributed by atoms with E-state index in [0.29, 0.717) is 23.3 Å². The van der Waals surface area contributed by atoms with Crippen molar-refractivity contribution in [3.8, 4) is 0 Å². The lowest BCUT2D eigenvalue weighted by Gasteiger charge is -2.04. The van der Waals surface area contributed by atoms with Crippen molar-refractivity contribution in [3.05, 3.63) is 81.5 Å². The SMILES string of the molecule is Cc1cc(C)n(Cn2ccc(C(=O)Nc3nn(Cc4ccc(Cl)cc4)cc3Cl)n2)n1. The summed E-state index contributed by atoms with van der Waals surface area (Å²) in [5.41, 5.74) is 3.23. The minimum absolute atomic E-state index is 0.264. The molecule has 0 radical (unpaired) electrons. The van der Waals surface area contributed by atoms with Gasteiger partial charge in [0.05, 0.1) is 12.2 Å². The number of nitrogens with zero attached hydrogens (tertiary/aromatic N) is 6. The molecule has 1 aromatic carbocycles. The molecule has 0 aliphatic heterocycles. The highest BCUT2D eigenvalue weighted by atomic mass is 35.5. The Labute approximate surface area is 183 Å². The summed E-state index contributed by atoms with van der Waals surface area (Å²) in [6.45, 7) is 4.83. The van der Waals surface area contributed by atoms with Crippen LogP contribution < -0.4 is 5.32 Å². The van der Waals surface area contributed by atoms with E-state index in [4.69, 9.17) is 23.2 Å². The lowest BCUT2D eigenvalue weighted by molar-refractivity contribution is 0.102. The van der Waals surface area contributed by atoms with Gasteiger partial charge >= 0.3 is 0 Å². The van der Waals surface area contributed by atoms with Crippen LogP contribution >= 0.6 is 23.2 Å². The molecule has 0 aliphatic carbocycles. The minimum atomic E-state index is -0.388. The van der Waals surface area contributed by atoms with Gasteiger partial charge in [-0.15, -0.1) is 0 Å². The van der Waals surface area contributed by atoms with Crippen molar-refractivity contribution in [2.75, 3.05) is 5.32 Å². The molecule has 4 aromatic rings. The molecule has 10 heteroatoms. The van der Waals surface area contributed by atoms with E-state index in [-0.39, 0.29) is 17.4 Å². The molecule has 8 nitrogen and oxygen atoms in total. The lowest BCUT2D eigenvalue weighted by atomic mass is 10.2. The fourth-order valence-electron chi connectivity index (χ4n) is 3.03. The van der Waals surface area contributed by atoms with Crippen molar-refractivity contribution < 1.29 is 4.79 Å². The zero-order valence-electron chi connectivity index (χ0n) is 16.4. The standard InChI is InChI=1S/C20H19Cl2N7O/c1-13-9-14(2)29(24-13)12-27-8-7-18(25-27)20(30)23-19-17(22)11-28(26-19)10-15-3-5-16(21)6-4-15/h3-9,11H,10,12H2,1-2H3,(H,23,26,30). The number of carbonyl (C=O) groups is 1. The number of rotatable bonds is 6. The monoisotopic (exact) mass is 443 g/mol. The van der Waals surface area contributed by atoms with Gasteiger partial charge in [0.2, 0.25) is 0 Å². The Kier molecular flexibility index (Phi) is 5.61. The second-order valence-electron chi connectivity index (χ2n) is 6.91. The number of hydrogen-bond acceptors (Lipinski definition) is 4. The van der Waals surface area contributed by atoms with Crippen LogP contribution in [0.25, 0.3) is 0 Å². The molecule has 30 heavy (non-hydrogen) atoms. The number of amides is 1. The second kappa shape index (κ2) is 8.33. The van der Waals surface area contributed by atoms with Crippen LogP contribution in [0.1, 0.15) is 27.4 Å². The van der Waals surface area contributed by atoms with Crippen molar-refractivity contribution in [2.45, 2.75) is 27.1 Å². The van der Waals surface area contributed by atoms with Crippen LogP contribution in [0.5, 0.6) is 0 Å². The summed E-state index contributed by atoms with van der Waals surface area (Å²) in [4.78, 5) is 12.6. The Hall–Kier alpha value is -3.10. The summed E-state index contributed by atoms with van der Waals surface area (Å²) in [6, 6.07) is 11.1. The average molecular weight is 444 g/mol. The van der Waals surface area contributed by atoms with Crippen LogP contribution in [0.3, 0.4) is 0 Å². The number of hydrogen-bond donors (Lipinski definition) is 1. The minimum Gasteiger partial charge on any atom is -0.302 e. The summed E-state index contributed by atoms with van der Waals surface area (Å²) in [5.74, 6) is -0.107. The highest BCUT2D eigenvalue weighted by Gasteiger charge is 2.15.